The number of aromatic nitrogens is 1. The fourth-order valence-corrected chi connectivity index (χ4v) is 3.14. The average molecular weight is 400 g/mol. The molecule has 0 unspecified atom stereocenters. The highest BCUT2D eigenvalue weighted by molar-refractivity contribution is 9.10. The first-order valence-electron chi connectivity index (χ1n) is 7.83. The molecule has 0 aliphatic rings. The molecule has 1 heterocycles. The number of aromatic amines is 1. The van der Waals surface area contributed by atoms with Crippen LogP contribution >= 0.6 is 15.9 Å². The van der Waals surface area contributed by atoms with Gasteiger partial charge in [-0.1, -0.05) is 24.3 Å². The summed E-state index contributed by atoms with van der Waals surface area (Å²) in [7, 11) is 0. The lowest BCUT2D eigenvalue weighted by Gasteiger charge is -2.07. The van der Waals surface area contributed by atoms with E-state index in [-0.39, 0.29) is 12.5 Å². The molecule has 25 heavy (non-hydrogen) atoms. The van der Waals surface area contributed by atoms with Gasteiger partial charge in [0.1, 0.15) is 5.75 Å². The number of hydrogen-bond acceptors (Lipinski definition) is 3. The number of hydrogen-bond donors (Lipinski definition) is 2. The SMILES string of the molecule is Cc1ccc(OCC(=O)N/N=C\c2c(C)[nH]c3ccccc23)c(Br)c1. The van der Waals surface area contributed by atoms with Crippen molar-refractivity contribution in [1.82, 2.24) is 10.4 Å². The molecule has 0 aliphatic carbocycles. The molecule has 1 amide bonds. The third-order valence-electron chi connectivity index (χ3n) is 3.77. The summed E-state index contributed by atoms with van der Waals surface area (Å²) in [5.74, 6) is 0.304. The molecular formula is C19H18BrN3O2. The second kappa shape index (κ2) is 7.53. The van der Waals surface area contributed by atoms with E-state index in [0.29, 0.717) is 5.75 Å². The molecule has 0 fully saturated rings. The largest absolute Gasteiger partial charge is 0.483 e. The van der Waals surface area contributed by atoms with Crippen molar-refractivity contribution in [1.29, 1.82) is 0 Å². The number of benzene rings is 2. The molecule has 3 aromatic rings. The molecule has 5 nitrogen and oxygen atoms in total. The molecule has 1 aromatic heterocycles. The highest BCUT2D eigenvalue weighted by Crippen LogP contribution is 2.25. The number of halogens is 1. The Labute approximate surface area is 154 Å². The topological polar surface area (TPSA) is 66.5 Å². The van der Waals surface area contributed by atoms with Crippen LogP contribution in [0.1, 0.15) is 16.8 Å². The summed E-state index contributed by atoms with van der Waals surface area (Å²) in [6.07, 6.45) is 1.65. The van der Waals surface area contributed by atoms with Crippen LogP contribution in [0.15, 0.2) is 52.0 Å². The van der Waals surface area contributed by atoms with E-state index in [0.717, 1.165) is 32.2 Å². The van der Waals surface area contributed by atoms with Gasteiger partial charge in [0.15, 0.2) is 6.61 Å². The van der Waals surface area contributed by atoms with Gasteiger partial charge in [0.25, 0.3) is 5.91 Å². The van der Waals surface area contributed by atoms with Crippen molar-refractivity contribution in [3.63, 3.8) is 0 Å². The Morgan fingerprint density at radius 2 is 2.08 bits per heavy atom. The van der Waals surface area contributed by atoms with Crippen molar-refractivity contribution in [3.05, 3.63) is 63.8 Å². The van der Waals surface area contributed by atoms with Crippen LogP contribution in [0, 0.1) is 13.8 Å². The smallest absolute Gasteiger partial charge is 0.277 e. The number of ether oxygens (including phenoxy) is 1. The van der Waals surface area contributed by atoms with E-state index in [9.17, 15) is 4.79 Å². The third kappa shape index (κ3) is 4.09. The van der Waals surface area contributed by atoms with Crippen molar-refractivity contribution >= 4 is 39.0 Å². The molecule has 2 N–H and O–H groups in total. The van der Waals surface area contributed by atoms with Crippen molar-refractivity contribution in [2.75, 3.05) is 6.61 Å². The molecule has 6 heteroatoms. The number of hydrazone groups is 1. The average Bonchev–Trinajstić information content (AvgIpc) is 2.90. The van der Waals surface area contributed by atoms with Crippen LogP contribution < -0.4 is 10.2 Å². The number of H-pyrrole nitrogens is 1. The van der Waals surface area contributed by atoms with Crippen LogP contribution in [0.2, 0.25) is 0 Å². The minimum absolute atomic E-state index is 0.105. The van der Waals surface area contributed by atoms with Crippen molar-refractivity contribution < 1.29 is 9.53 Å². The first kappa shape index (κ1) is 17.2. The molecule has 0 spiro atoms. The van der Waals surface area contributed by atoms with E-state index in [2.05, 4.69) is 31.4 Å². The van der Waals surface area contributed by atoms with Crippen molar-refractivity contribution in [3.8, 4) is 5.75 Å². The molecule has 0 aliphatic heterocycles. The van der Waals surface area contributed by atoms with Gasteiger partial charge in [-0.05, 0) is 53.5 Å². The van der Waals surface area contributed by atoms with Gasteiger partial charge in [0.05, 0.1) is 10.7 Å². The molecule has 0 saturated heterocycles. The molecule has 0 atom stereocenters. The van der Waals surface area contributed by atoms with Gasteiger partial charge >= 0.3 is 0 Å². The Morgan fingerprint density at radius 1 is 1.28 bits per heavy atom. The summed E-state index contributed by atoms with van der Waals surface area (Å²) in [5.41, 5.74) is 6.60. The number of aryl methyl sites for hydroxylation is 2. The highest BCUT2D eigenvalue weighted by Gasteiger charge is 2.07. The number of nitrogens with zero attached hydrogens (tertiary/aromatic N) is 1. The van der Waals surface area contributed by atoms with Crippen LogP contribution in [0.5, 0.6) is 5.75 Å². The minimum Gasteiger partial charge on any atom is -0.483 e. The first-order valence-corrected chi connectivity index (χ1v) is 8.62. The second-order valence-electron chi connectivity index (χ2n) is 5.72. The summed E-state index contributed by atoms with van der Waals surface area (Å²) in [6, 6.07) is 13.7. The maximum atomic E-state index is 11.9. The predicted octanol–water partition coefficient (Wildman–Crippen LogP) is 4.08. The summed E-state index contributed by atoms with van der Waals surface area (Å²) < 4.78 is 6.31. The van der Waals surface area contributed by atoms with Crippen LogP contribution in [0.25, 0.3) is 10.9 Å². The molecule has 2 aromatic carbocycles. The minimum atomic E-state index is -0.318. The van der Waals surface area contributed by atoms with Gasteiger partial charge in [-0.3, -0.25) is 4.79 Å². The van der Waals surface area contributed by atoms with E-state index >= 15 is 0 Å². The fourth-order valence-electron chi connectivity index (χ4n) is 2.53. The molecular weight excluding hydrogens is 382 g/mol. The Morgan fingerprint density at radius 3 is 2.88 bits per heavy atom. The maximum Gasteiger partial charge on any atom is 0.277 e. The number of carbonyl (C=O) groups excluding carboxylic acids is 1. The number of amides is 1. The normalized spacial score (nSPS) is 11.2. The zero-order chi connectivity index (χ0) is 17.8. The number of nitrogens with one attached hydrogen (secondary N) is 2. The van der Waals surface area contributed by atoms with E-state index in [1.807, 2.05) is 56.3 Å². The summed E-state index contributed by atoms with van der Waals surface area (Å²) in [6.45, 7) is 3.86. The monoisotopic (exact) mass is 399 g/mol. The second-order valence-corrected chi connectivity index (χ2v) is 6.58. The number of fused-ring (bicyclic) bond motifs is 1. The van der Waals surface area contributed by atoms with E-state index in [1.54, 1.807) is 6.21 Å². The zero-order valence-electron chi connectivity index (χ0n) is 14.0. The van der Waals surface area contributed by atoms with Gasteiger partial charge in [0, 0.05) is 22.2 Å². The lowest BCUT2D eigenvalue weighted by atomic mass is 10.1. The molecule has 3 rings (SSSR count). The summed E-state index contributed by atoms with van der Waals surface area (Å²) in [5, 5.41) is 5.10. The molecule has 0 bridgehead atoms. The Kier molecular flexibility index (Phi) is 5.19. The van der Waals surface area contributed by atoms with E-state index in [4.69, 9.17) is 4.74 Å². The zero-order valence-corrected chi connectivity index (χ0v) is 15.6. The van der Waals surface area contributed by atoms with Gasteiger partial charge in [-0.25, -0.2) is 5.43 Å². The molecule has 128 valence electrons. The van der Waals surface area contributed by atoms with E-state index in [1.165, 1.54) is 0 Å². The first-order chi connectivity index (χ1) is 12.0. The standard InChI is InChI=1S/C19H18BrN3O2/c1-12-7-8-18(16(20)9-12)25-11-19(24)23-21-10-15-13(2)22-17-6-4-3-5-14(15)17/h3-10,22H,11H2,1-2H3,(H,23,24)/b21-10-. The number of para-hydroxylation sites is 1. The molecule has 0 saturated carbocycles. The van der Waals surface area contributed by atoms with Gasteiger partial charge in [-0.15, -0.1) is 0 Å². The lowest BCUT2D eigenvalue weighted by Crippen LogP contribution is -2.24. The van der Waals surface area contributed by atoms with Crippen LogP contribution in [0.4, 0.5) is 0 Å². The summed E-state index contributed by atoms with van der Waals surface area (Å²) >= 11 is 3.42. The Bertz CT molecular complexity index is 947. The number of rotatable bonds is 5. The fraction of sp³-hybridized carbons (Fsp3) is 0.158. The Hall–Kier alpha value is -2.60. The number of carbonyl (C=O) groups is 1. The van der Waals surface area contributed by atoms with E-state index < -0.39 is 0 Å². The van der Waals surface area contributed by atoms with Gasteiger partial charge in [-0.2, -0.15) is 5.10 Å². The van der Waals surface area contributed by atoms with Crippen LogP contribution in [0.3, 0.4) is 0 Å². The van der Waals surface area contributed by atoms with Crippen LogP contribution in [-0.2, 0) is 4.79 Å². The molecule has 0 radical (unpaired) electrons. The third-order valence-corrected chi connectivity index (χ3v) is 4.39. The van der Waals surface area contributed by atoms with Gasteiger partial charge in [0.2, 0.25) is 0 Å². The summed E-state index contributed by atoms with van der Waals surface area (Å²) in [4.78, 5) is 15.2. The maximum absolute atomic E-state index is 11.9. The Balaban J connectivity index is 1.60. The van der Waals surface area contributed by atoms with Crippen molar-refractivity contribution in [2.24, 2.45) is 5.10 Å². The van der Waals surface area contributed by atoms with Crippen LogP contribution in [-0.4, -0.2) is 23.7 Å². The van der Waals surface area contributed by atoms with Crippen molar-refractivity contribution in [2.45, 2.75) is 13.8 Å². The lowest BCUT2D eigenvalue weighted by molar-refractivity contribution is -0.123. The quantitative estimate of drug-likeness (QED) is 0.501. The predicted molar refractivity (Wildman–Crippen MR) is 103 cm³/mol. The highest BCUT2D eigenvalue weighted by atomic mass is 79.9. The van der Waals surface area contributed by atoms with Gasteiger partial charge < -0.3 is 9.72 Å².